The first-order valence-corrected chi connectivity index (χ1v) is 7.16. The average Bonchev–Trinajstić information content (AvgIpc) is 2.59. The molecule has 0 amide bonds. The molecule has 3 unspecified atom stereocenters. The minimum absolute atomic E-state index is 0.180. The van der Waals surface area contributed by atoms with Gasteiger partial charge in [0.2, 0.25) is 10.0 Å². The highest BCUT2D eigenvalue weighted by molar-refractivity contribution is 7.89. The summed E-state index contributed by atoms with van der Waals surface area (Å²) in [5.74, 6) is 0.370. The number of hydrogen-bond acceptors (Lipinski definition) is 4. The van der Waals surface area contributed by atoms with Crippen LogP contribution in [0, 0.1) is 5.92 Å². The topological polar surface area (TPSA) is 66.6 Å². The largest absolute Gasteiger partial charge is 0.329 e. The second kappa shape index (κ2) is 5.00. The molecule has 16 heavy (non-hydrogen) atoms. The number of likely N-dealkylation sites (N-methyl/N-ethyl adjacent to an activating group) is 1. The first-order chi connectivity index (χ1) is 7.30. The van der Waals surface area contributed by atoms with E-state index in [1.807, 2.05) is 14.1 Å². The molecule has 6 heteroatoms. The maximum atomic E-state index is 12.1. The van der Waals surface area contributed by atoms with E-state index in [1.165, 1.54) is 0 Å². The van der Waals surface area contributed by atoms with E-state index in [1.54, 1.807) is 11.2 Å². The molecule has 1 fully saturated rings. The highest BCUT2D eigenvalue weighted by Crippen LogP contribution is 2.24. The molecule has 0 aromatic rings. The van der Waals surface area contributed by atoms with Gasteiger partial charge < -0.3 is 10.6 Å². The summed E-state index contributed by atoms with van der Waals surface area (Å²) in [6.45, 7) is 5.13. The summed E-state index contributed by atoms with van der Waals surface area (Å²) in [7, 11) is 0.773. The van der Waals surface area contributed by atoms with Crippen LogP contribution in [0.3, 0.4) is 0 Å². The van der Waals surface area contributed by atoms with Gasteiger partial charge in [-0.25, -0.2) is 8.42 Å². The molecule has 1 saturated heterocycles. The molecule has 1 aliphatic heterocycles. The summed E-state index contributed by atoms with van der Waals surface area (Å²) >= 11 is 0. The van der Waals surface area contributed by atoms with Crippen molar-refractivity contribution in [2.24, 2.45) is 11.7 Å². The van der Waals surface area contributed by atoms with Gasteiger partial charge in [-0.15, -0.1) is 0 Å². The van der Waals surface area contributed by atoms with Crippen LogP contribution in [0.5, 0.6) is 0 Å². The van der Waals surface area contributed by atoms with Crippen LogP contribution >= 0.6 is 0 Å². The summed E-state index contributed by atoms with van der Waals surface area (Å²) in [5, 5.41) is -0.486. The van der Waals surface area contributed by atoms with E-state index in [4.69, 9.17) is 5.73 Å². The number of rotatable bonds is 4. The van der Waals surface area contributed by atoms with Crippen molar-refractivity contribution in [1.29, 1.82) is 0 Å². The van der Waals surface area contributed by atoms with Crippen LogP contribution < -0.4 is 5.73 Å². The molecule has 3 atom stereocenters. The van der Waals surface area contributed by atoms with Crippen molar-refractivity contribution >= 4 is 10.0 Å². The molecule has 0 bridgehead atoms. The maximum absolute atomic E-state index is 12.1. The fraction of sp³-hybridized carbons (Fsp3) is 1.00. The standard InChI is InChI=1S/C10H23N3O2S/c1-8-6-13(7-10(8)12(3)4)16(14,15)9(2)5-11/h8-10H,5-7,11H2,1-4H3. The summed E-state index contributed by atoms with van der Waals surface area (Å²) in [6, 6.07) is 0.305. The van der Waals surface area contributed by atoms with E-state index in [2.05, 4.69) is 11.8 Å². The van der Waals surface area contributed by atoms with Crippen molar-refractivity contribution in [2.45, 2.75) is 25.1 Å². The fourth-order valence-corrected chi connectivity index (χ4v) is 3.72. The van der Waals surface area contributed by atoms with Gasteiger partial charge in [-0.3, -0.25) is 0 Å². The Labute approximate surface area is 98.6 Å². The predicted octanol–water partition coefficient (Wildman–Crippen LogP) is -0.455. The zero-order valence-electron chi connectivity index (χ0n) is 10.5. The SMILES string of the molecule is CC1CN(S(=O)(=O)C(C)CN)CC1N(C)C. The second-order valence-electron chi connectivity index (χ2n) is 4.92. The van der Waals surface area contributed by atoms with Crippen LogP contribution in [0.15, 0.2) is 0 Å². The van der Waals surface area contributed by atoms with E-state index >= 15 is 0 Å². The number of hydrogen-bond donors (Lipinski definition) is 1. The Kier molecular flexibility index (Phi) is 4.34. The van der Waals surface area contributed by atoms with E-state index in [-0.39, 0.29) is 6.54 Å². The summed E-state index contributed by atoms with van der Waals surface area (Å²) in [4.78, 5) is 2.09. The fourth-order valence-electron chi connectivity index (χ4n) is 2.16. The first-order valence-electron chi connectivity index (χ1n) is 5.66. The molecule has 1 heterocycles. The average molecular weight is 249 g/mol. The minimum Gasteiger partial charge on any atom is -0.329 e. The van der Waals surface area contributed by atoms with Crippen LogP contribution in [0.4, 0.5) is 0 Å². The van der Waals surface area contributed by atoms with Crippen molar-refractivity contribution in [2.75, 3.05) is 33.7 Å². The van der Waals surface area contributed by atoms with Crippen LogP contribution in [-0.4, -0.2) is 62.6 Å². The summed E-state index contributed by atoms with van der Waals surface area (Å²) in [5.41, 5.74) is 5.44. The maximum Gasteiger partial charge on any atom is 0.218 e. The lowest BCUT2D eigenvalue weighted by Crippen LogP contribution is -2.41. The number of sulfonamides is 1. The van der Waals surface area contributed by atoms with Gasteiger partial charge in [-0.2, -0.15) is 4.31 Å². The van der Waals surface area contributed by atoms with E-state index in [9.17, 15) is 8.42 Å². The molecule has 1 rings (SSSR count). The van der Waals surface area contributed by atoms with Gasteiger partial charge in [0.1, 0.15) is 0 Å². The van der Waals surface area contributed by atoms with Crippen molar-refractivity contribution in [3.8, 4) is 0 Å². The van der Waals surface area contributed by atoms with Gasteiger partial charge in [0, 0.05) is 25.7 Å². The van der Waals surface area contributed by atoms with Gasteiger partial charge in [-0.05, 0) is 26.9 Å². The normalized spacial score (nSPS) is 29.9. The van der Waals surface area contributed by atoms with Gasteiger partial charge in [-0.1, -0.05) is 6.92 Å². The molecule has 0 aromatic carbocycles. The van der Waals surface area contributed by atoms with Crippen LogP contribution in [0.25, 0.3) is 0 Å². The van der Waals surface area contributed by atoms with Gasteiger partial charge in [0.25, 0.3) is 0 Å². The third kappa shape index (κ3) is 2.56. The lowest BCUT2D eigenvalue weighted by atomic mass is 10.1. The lowest BCUT2D eigenvalue weighted by Gasteiger charge is -2.23. The Morgan fingerprint density at radius 3 is 2.38 bits per heavy atom. The molecule has 96 valence electrons. The van der Waals surface area contributed by atoms with Crippen molar-refractivity contribution < 1.29 is 8.42 Å². The molecule has 0 saturated carbocycles. The Morgan fingerprint density at radius 1 is 1.44 bits per heavy atom. The van der Waals surface area contributed by atoms with Crippen LogP contribution in [0.1, 0.15) is 13.8 Å². The minimum atomic E-state index is -3.21. The molecule has 2 N–H and O–H groups in total. The zero-order chi connectivity index (χ0) is 12.5. The Morgan fingerprint density at radius 2 is 2.00 bits per heavy atom. The molecular weight excluding hydrogens is 226 g/mol. The van der Waals surface area contributed by atoms with E-state index in [0.29, 0.717) is 25.0 Å². The van der Waals surface area contributed by atoms with Crippen molar-refractivity contribution in [1.82, 2.24) is 9.21 Å². The molecule has 0 aromatic heterocycles. The van der Waals surface area contributed by atoms with Crippen LogP contribution in [-0.2, 0) is 10.0 Å². The third-order valence-electron chi connectivity index (χ3n) is 3.40. The van der Waals surface area contributed by atoms with Gasteiger partial charge in [0.15, 0.2) is 0 Å². The quantitative estimate of drug-likeness (QED) is 0.732. The predicted molar refractivity (Wildman–Crippen MR) is 65.6 cm³/mol. The Balaban J connectivity index is 2.79. The highest BCUT2D eigenvalue weighted by Gasteiger charge is 2.39. The van der Waals surface area contributed by atoms with Gasteiger partial charge in [0.05, 0.1) is 5.25 Å². The Bertz CT molecular complexity index is 329. The smallest absolute Gasteiger partial charge is 0.218 e. The Hall–Kier alpha value is -0.170. The molecular formula is C10H23N3O2S. The third-order valence-corrected chi connectivity index (χ3v) is 5.63. The van der Waals surface area contributed by atoms with E-state index < -0.39 is 15.3 Å². The number of nitrogens with two attached hydrogens (primary N) is 1. The molecule has 5 nitrogen and oxygen atoms in total. The second-order valence-corrected chi connectivity index (χ2v) is 7.27. The van der Waals surface area contributed by atoms with E-state index in [0.717, 1.165) is 0 Å². The molecule has 0 spiro atoms. The zero-order valence-corrected chi connectivity index (χ0v) is 11.4. The van der Waals surface area contributed by atoms with Crippen LogP contribution in [0.2, 0.25) is 0 Å². The highest BCUT2D eigenvalue weighted by atomic mass is 32.2. The molecule has 0 radical (unpaired) electrons. The van der Waals surface area contributed by atoms with Crippen molar-refractivity contribution in [3.05, 3.63) is 0 Å². The summed E-state index contributed by atoms with van der Waals surface area (Å²) < 4.78 is 25.8. The monoisotopic (exact) mass is 249 g/mol. The lowest BCUT2D eigenvalue weighted by molar-refractivity contribution is 0.263. The first kappa shape index (κ1) is 13.9. The number of nitrogens with zero attached hydrogens (tertiary/aromatic N) is 2. The van der Waals surface area contributed by atoms with Gasteiger partial charge >= 0.3 is 0 Å². The molecule has 1 aliphatic rings. The summed E-state index contributed by atoms with van der Waals surface area (Å²) in [6.07, 6.45) is 0. The molecule has 0 aliphatic carbocycles. The van der Waals surface area contributed by atoms with Crippen molar-refractivity contribution in [3.63, 3.8) is 0 Å².